The lowest BCUT2D eigenvalue weighted by molar-refractivity contribution is -0.124. The van der Waals surface area contributed by atoms with Gasteiger partial charge >= 0.3 is 5.97 Å². The molecule has 2 aromatic carbocycles. The number of hydrogen-bond acceptors (Lipinski definition) is 4. The molecule has 3 rings (SSSR count). The van der Waals surface area contributed by atoms with E-state index in [9.17, 15) is 9.59 Å². The first-order valence-electron chi connectivity index (χ1n) is 7.90. The van der Waals surface area contributed by atoms with Crippen molar-refractivity contribution in [2.75, 3.05) is 13.2 Å². The van der Waals surface area contributed by atoms with Crippen molar-refractivity contribution < 1.29 is 14.3 Å². The van der Waals surface area contributed by atoms with E-state index in [4.69, 9.17) is 27.9 Å². The standard InChI is InChI=1S/C19H15Cl2NO3S/c20-13-6-7-14-15(10-13)26-18(17(14)21)19(24)25-11-16(23)22-9-8-12-4-2-1-3-5-12/h1-7,10H,8-9,11H2,(H,22,23). The van der Waals surface area contributed by atoms with E-state index >= 15 is 0 Å². The van der Waals surface area contributed by atoms with Crippen LogP contribution in [0, 0.1) is 0 Å². The monoisotopic (exact) mass is 407 g/mol. The molecule has 0 aliphatic rings. The maximum atomic E-state index is 12.2. The molecular weight excluding hydrogens is 393 g/mol. The Labute approximate surface area is 164 Å². The molecule has 0 unspecified atom stereocenters. The Morgan fingerprint density at radius 1 is 1.08 bits per heavy atom. The van der Waals surface area contributed by atoms with E-state index in [-0.39, 0.29) is 17.4 Å². The Morgan fingerprint density at radius 2 is 1.85 bits per heavy atom. The second kappa shape index (κ2) is 8.54. The van der Waals surface area contributed by atoms with Crippen molar-refractivity contribution in [1.82, 2.24) is 5.32 Å². The van der Waals surface area contributed by atoms with Gasteiger partial charge in [-0.15, -0.1) is 11.3 Å². The van der Waals surface area contributed by atoms with Crippen LogP contribution in [0.4, 0.5) is 0 Å². The SMILES string of the molecule is O=C(COC(=O)c1sc2cc(Cl)ccc2c1Cl)NCCc1ccccc1. The zero-order valence-electron chi connectivity index (χ0n) is 13.6. The van der Waals surface area contributed by atoms with Crippen molar-refractivity contribution in [3.05, 3.63) is 69.0 Å². The van der Waals surface area contributed by atoms with Gasteiger partial charge in [0.1, 0.15) is 4.88 Å². The number of rotatable bonds is 6. The van der Waals surface area contributed by atoms with E-state index in [2.05, 4.69) is 5.32 Å². The van der Waals surface area contributed by atoms with Crippen LogP contribution >= 0.6 is 34.5 Å². The van der Waals surface area contributed by atoms with E-state index in [1.54, 1.807) is 18.2 Å². The van der Waals surface area contributed by atoms with Crippen molar-refractivity contribution >= 4 is 56.5 Å². The number of benzene rings is 2. The fourth-order valence-corrected chi connectivity index (χ4v) is 4.09. The summed E-state index contributed by atoms with van der Waals surface area (Å²) >= 11 is 13.4. The van der Waals surface area contributed by atoms with Gasteiger partial charge in [-0.05, 0) is 24.1 Å². The minimum Gasteiger partial charge on any atom is -0.451 e. The molecule has 0 atom stereocenters. The third kappa shape index (κ3) is 4.55. The van der Waals surface area contributed by atoms with E-state index in [1.165, 1.54) is 11.3 Å². The van der Waals surface area contributed by atoms with Crippen LogP contribution in [0.3, 0.4) is 0 Å². The van der Waals surface area contributed by atoms with Gasteiger partial charge in [0.25, 0.3) is 5.91 Å². The molecule has 0 saturated carbocycles. The summed E-state index contributed by atoms with van der Waals surface area (Å²) in [5.41, 5.74) is 1.13. The summed E-state index contributed by atoms with van der Waals surface area (Å²) in [6, 6.07) is 15.0. The van der Waals surface area contributed by atoms with Gasteiger partial charge in [0.15, 0.2) is 6.61 Å². The lowest BCUT2D eigenvalue weighted by atomic mass is 10.1. The molecule has 0 bridgehead atoms. The summed E-state index contributed by atoms with van der Waals surface area (Å²) in [5, 5.41) is 4.34. The fourth-order valence-electron chi connectivity index (χ4n) is 2.41. The van der Waals surface area contributed by atoms with E-state index in [0.717, 1.165) is 15.6 Å². The summed E-state index contributed by atoms with van der Waals surface area (Å²) in [6.45, 7) is 0.126. The summed E-state index contributed by atoms with van der Waals surface area (Å²) in [6.07, 6.45) is 0.712. The number of amides is 1. The Balaban J connectivity index is 1.52. The first kappa shape index (κ1) is 18.7. The molecule has 3 aromatic rings. The first-order chi connectivity index (χ1) is 12.5. The van der Waals surface area contributed by atoms with Crippen LogP contribution in [-0.4, -0.2) is 25.0 Å². The highest BCUT2D eigenvalue weighted by Crippen LogP contribution is 2.37. The highest BCUT2D eigenvalue weighted by Gasteiger charge is 2.19. The minimum absolute atomic E-state index is 0.265. The van der Waals surface area contributed by atoms with Gasteiger partial charge < -0.3 is 10.1 Å². The summed E-state index contributed by atoms with van der Waals surface area (Å²) in [7, 11) is 0. The van der Waals surface area contributed by atoms with Crippen LogP contribution in [0.2, 0.25) is 10.0 Å². The van der Waals surface area contributed by atoms with Gasteiger partial charge in [0.05, 0.1) is 5.02 Å². The highest BCUT2D eigenvalue weighted by atomic mass is 35.5. The molecule has 1 heterocycles. The Bertz CT molecular complexity index is 941. The second-order valence-corrected chi connectivity index (χ2v) is 7.41. The largest absolute Gasteiger partial charge is 0.451 e. The number of fused-ring (bicyclic) bond motifs is 1. The average Bonchev–Trinajstić information content (AvgIpc) is 2.96. The molecule has 0 radical (unpaired) electrons. The van der Waals surface area contributed by atoms with Crippen LogP contribution in [0.1, 0.15) is 15.2 Å². The van der Waals surface area contributed by atoms with Crippen molar-refractivity contribution in [1.29, 1.82) is 0 Å². The molecular formula is C19H15Cl2NO3S. The molecule has 0 aliphatic carbocycles. The molecule has 7 heteroatoms. The van der Waals surface area contributed by atoms with Gasteiger partial charge in [-0.3, -0.25) is 4.79 Å². The zero-order chi connectivity index (χ0) is 18.5. The number of nitrogens with one attached hydrogen (secondary N) is 1. The Kier molecular flexibility index (Phi) is 6.14. The number of carbonyl (C=O) groups is 2. The minimum atomic E-state index is -0.620. The van der Waals surface area contributed by atoms with Crippen molar-refractivity contribution in [2.45, 2.75) is 6.42 Å². The number of carbonyl (C=O) groups excluding carboxylic acids is 2. The molecule has 26 heavy (non-hydrogen) atoms. The van der Waals surface area contributed by atoms with E-state index in [0.29, 0.717) is 23.0 Å². The number of esters is 1. The molecule has 0 saturated heterocycles. The van der Waals surface area contributed by atoms with E-state index < -0.39 is 5.97 Å². The summed E-state index contributed by atoms with van der Waals surface area (Å²) in [4.78, 5) is 24.3. The molecule has 0 aliphatic heterocycles. The van der Waals surface area contributed by atoms with Gasteiger partial charge in [-0.1, -0.05) is 59.6 Å². The molecule has 1 aromatic heterocycles. The molecule has 134 valence electrons. The number of halogens is 2. The quantitative estimate of drug-likeness (QED) is 0.601. The number of hydrogen-bond donors (Lipinski definition) is 1. The topological polar surface area (TPSA) is 55.4 Å². The average molecular weight is 408 g/mol. The van der Waals surface area contributed by atoms with Gasteiger partial charge in [0.2, 0.25) is 0 Å². The molecule has 1 N–H and O–H groups in total. The van der Waals surface area contributed by atoms with Crippen LogP contribution < -0.4 is 5.32 Å². The summed E-state index contributed by atoms with van der Waals surface area (Å²) in [5.74, 6) is -0.972. The molecule has 4 nitrogen and oxygen atoms in total. The van der Waals surface area contributed by atoms with Gasteiger partial charge in [0, 0.05) is 21.7 Å². The predicted octanol–water partition coefficient (Wildman–Crippen LogP) is 4.72. The smallest absolute Gasteiger partial charge is 0.350 e. The maximum absolute atomic E-state index is 12.2. The number of thiophene rings is 1. The zero-order valence-corrected chi connectivity index (χ0v) is 16.0. The lowest BCUT2D eigenvalue weighted by Crippen LogP contribution is -2.30. The first-order valence-corrected chi connectivity index (χ1v) is 9.47. The molecule has 0 fully saturated rings. The molecule has 0 spiro atoms. The van der Waals surface area contributed by atoms with Crippen LogP contribution in [0.25, 0.3) is 10.1 Å². The van der Waals surface area contributed by atoms with Crippen molar-refractivity contribution in [3.63, 3.8) is 0 Å². The third-order valence-corrected chi connectivity index (χ3v) is 5.56. The van der Waals surface area contributed by atoms with Crippen LogP contribution in [0.15, 0.2) is 48.5 Å². The van der Waals surface area contributed by atoms with Crippen LogP contribution in [0.5, 0.6) is 0 Å². The predicted molar refractivity (Wildman–Crippen MR) is 105 cm³/mol. The van der Waals surface area contributed by atoms with Gasteiger partial charge in [-0.25, -0.2) is 4.79 Å². The van der Waals surface area contributed by atoms with E-state index in [1.807, 2.05) is 30.3 Å². The second-order valence-electron chi connectivity index (χ2n) is 5.55. The number of ether oxygens (including phenoxy) is 1. The molecule has 1 amide bonds. The highest BCUT2D eigenvalue weighted by molar-refractivity contribution is 7.21. The fraction of sp³-hybridized carbons (Fsp3) is 0.158. The summed E-state index contributed by atoms with van der Waals surface area (Å²) < 4.78 is 5.87. The van der Waals surface area contributed by atoms with Crippen LogP contribution in [-0.2, 0) is 16.0 Å². The normalized spacial score (nSPS) is 10.7. The lowest BCUT2D eigenvalue weighted by Gasteiger charge is -2.06. The van der Waals surface area contributed by atoms with Crippen molar-refractivity contribution in [2.24, 2.45) is 0 Å². The maximum Gasteiger partial charge on any atom is 0.350 e. The third-order valence-electron chi connectivity index (χ3n) is 3.69. The van der Waals surface area contributed by atoms with Gasteiger partial charge in [-0.2, -0.15) is 0 Å². The Morgan fingerprint density at radius 3 is 2.62 bits per heavy atom. The Hall–Kier alpha value is -2.08. The van der Waals surface area contributed by atoms with Crippen molar-refractivity contribution in [3.8, 4) is 0 Å².